The highest BCUT2D eigenvalue weighted by atomic mass is 16.1. The first-order valence-electron chi connectivity index (χ1n) is 7.86. The van der Waals surface area contributed by atoms with E-state index in [1.807, 2.05) is 6.20 Å². The molecule has 1 amide bonds. The molecule has 0 saturated heterocycles. The van der Waals surface area contributed by atoms with Crippen LogP contribution in [0.25, 0.3) is 0 Å². The van der Waals surface area contributed by atoms with Crippen molar-refractivity contribution in [2.45, 2.75) is 38.6 Å². The van der Waals surface area contributed by atoms with Gasteiger partial charge < -0.3 is 10.2 Å². The third-order valence-electron chi connectivity index (χ3n) is 4.76. The summed E-state index contributed by atoms with van der Waals surface area (Å²) in [5.74, 6) is 0.887. The first kappa shape index (κ1) is 13.4. The summed E-state index contributed by atoms with van der Waals surface area (Å²) >= 11 is 0. The minimum absolute atomic E-state index is 0.0473. The number of anilines is 2. The third-order valence-corrected chi connectivity index (χ3v) is 4.76. The van der Waals surface area contributed by atoms with Crippen molar-refractivity contribution in [3.63, 3.8) is 0 Å². The van der Waals surface area contributed by atoms with Gasteiger partial charge in [0.2, 0.25) is 5.91 Å². The molecule has 2 aromatic rings. The maximum atomic E-state index is 11.9. The molecule has 0 bridgehead atoms. The molecule has 3 heterocycles. The number of fused-ring (bicyclic) bond motifs is 2. The van der Waals surface area contributed by atoms with Crippen LogP contribution in [0.5, 0.6) is 0 Å². The Morgan fingerprint density at radius 3 is 3.05 bits per heavy atom. The van der Waals surface area contributed by atoms with Crippen LogP contribution in [0.15, 0.2) is 24.4 Å². The highest BCUT2D eigenvalue weighted by Gasteiger charge is 2.29. The van der Waals surface area contributed by atoms with Crippen LogP contribution in [0.3, 0.4) is 0 Å². The lowest BCUT2D eigenvalue weighted by Gasteiger charge is -2.25. The first-order valence-corrected chi connectivity index (χ1v) is 7.86. The van der Waals surface area contributed by atoms with E-state index in [0.717, 1.165) is 24.3 Å². The summed E-state index contributed by atoms with van der Waals surface area (Å²) in [6.07, 6.45) is 3.39. The van der Waals surface area contributed by atoms with Crippen LogP contribution in [0.1, 0.15) is 42.9 Å². The van der Waals surface area contributed by atoms with E-state index in [0.29, 0.717) is 12.5 Å². The van der Waals surface area contributed by atoms with Crippen LogP contribution in [0, 0.1) is 0 Å². The molecule has 0 radical (unpaired) electrons. The summed E-state index contributed by atoms with van der Waals surface area (Å²) in [6.45, 7) is 5.54. The van der Waals surface area contributed by atoms with Crippen molar-refractivity contribution < 1.29 is 4.79 Å². The van der Waals surface area contributed by atoms with Crippen molar-refractivity contribution in [2.24, 2.45) is 0 Å². The SMILES string of the molecule is CC(C)N1CCc2cc([C@@H]3CC(=O)Nc4[nH]ncc43)ccc21. The van der Waals surface area contributed by atoms with E-state index in [4.69, 9.17) is 0 Å². The van der Waals surface area contributed by atoms with Gasteiger partial charge in [-0.3, -0.25) is 9.89 Å². The highest BCUT2D eigenvalue weighted by molar-refractivity contribution is 5.94. The summed E-state index contributed by atoms with van der Waals surface area (Å²) in [5.41, 5.74) is 5.02. The van der Waals surface area contributed by atoms with E-state index in [-0.39, 0.29) is 11.8 Å². The van der Waals surface area contributed by atoms with Gasteiger partial charge in [-0.25, -0.2) is 0 Å². The number of amides is 1. The minimum atomic E-state index is 0.0473. The van der Waals surface area contributed by atoms with Gasteiger partial charge in [0.15, 0.2) is 0 Å². The molecule has 0 spiro atoms. The zero-order valence-corrected chi connectivity index (χ0v) is 12.9. The molecular formula is C17H20N4O. The Morgan fingerprint density at radius 1 is 1.36 bits per heavy atom. The van der Waals surface area contributed by atoms with Crippen molar-refractivity contribution in [1.29, 1.82) is 0 Å². The summed E-state index contributed by atoms with van der Waals surface area (Å²) in [5, 5.41) is 9.79. The average molecular weight is 296 g/mol. The molecule has 5 heteroatoms. The van der Waals surface area contributed by atoms with Crippen LogP contribution in [-0.2, 0) is 11.2 Å². The zero-order valence-electron chi connectivity index (χ0n) is 12.9. The molecule has 22 heavy (non-hydrogen) atoms. The number of carbonyl (C=O) groups excluding carboxylic acids is 1. The van der Waals surface area contributed by atoms with Gasteiger partial charge in [0, 0.05) is 36.2 Å². The molecule has 0 saturated carbocycles. The van der Waals surface area contributed by atoms with Crippen LogP contribution in [0.2, 0.25) is 0 Å². The number of carbonyl (C=O) groups is 1. The molecule has 1 aromatic heterocycles. The number of H-pyrrole nitrogens is 1. The van der Waals surface area contributed by atoms with E-state index in [1.54, 1.807) is 0 Å². The lowest BCUT2D eigenvalue weighted by molar-refractivity contribution is -0.116. The van der Waals surface area contributed by atoms with E-state index < -0.39 is 0 Å². The van der Waals surface area contributed by atoms with Gasteiger partial charge in [-0.2, -0.15) is 5.10 Å². The standard InChI is InChI=1S/C17H20N4O/c1-10(2)21-6-5-12-7-11(3-4-15(12)21)13-8-16(22)19-17-14(13)9-18-20-17/h3-4,7,9-10,13H,5-6,8H2,1-2H3,(H2,18,19,20,22)/t13-/m0/s1. The molecule has 0 fully saturated rings. The second kappa shape index (κ2) is 4.87. The van der Waals surface area contributed by atoms with Crippen LogP contribution in [0.4, 0.5) is 11.5 Å². The Hall–Kier alpha value is -2.30. The molecule has 0 aliphatic carbocycles. The second-order valence-corrected chi connectivity index (χ2v) is 6.43. The van der Waals surface area contributed by atoms with E-state index in [9.17, 15) is 4.79 Å². The fourth-order valence-electron chi connectivity index (χ4n) is 3.64. The number of benzene rings is 1. The van der Waals surface area contributed by atoms with Gasteiger partial charge in [0.05, 0.1) is 6.20 Å². The molecule has 5 nitrogen and oxygen atoms in total. The van der Waals surface area contributed by atoms with E-state index in [2.05, 4.69) is 52.5 Å². The molecule has 114 valence electrons. The summed E-state index contributed by atoms with van der Waals surface area (Å²) in [7, 11) is 0. The predicted octanol–water partition coefficient (Wildman–Crippen LogP) is 2.65. The molecule has 4 rings (SSSR count). The number of aromatic amines is 1. The summed E-state index contributed by atoms with van der Waals surface area (Å²) in [6, 6.07) is 7.18. The fourth-order valence-corrected chi connectivity index (χ4v) is 3.64. The predicted molar refractivity (Wildman–Crippen MR) is 86.3 cm³/mol. The molecule has 0 unspecified atom stereocenters. The Labute approximate surface area is 129 Å². The maximum Gasteiger partial charge on any atom is 0.226 e. The quantitative estimate of drug-likeness (QED) is 0.895. The van der Waals surface area contributed by atoms with Crippen molar-refractivity contribution in [1.82, 2.24) is 10.2 Å². The number of aromatic nitrogens is 2. The fraction of sp³-hybridized carbons (Fsp3) is 0.412. The monoisotopic (exact) mass is 296 g/mol. The molecule has 2 aliphatic heterocycles. The number of rotatable bonds is 2. The Bertz CT molecular complexity index is 734. The van der Waals surface area contributed by atoms with Crippen LogP contribution in [-0.4, -0.2) is 28.7 Å². The van der Waals surface area contributed by atoms with Gasteiger partial charge in [-0.15, -0.1) is 0 Å². The largest absolute Gasteiger partial charge is 0.369 e. The number of hydrogen-bond acceptors (Lipinski definition) is 3. The maximum absolute atomic E-state index is 11.9. The highest BCUT2D eigenvalue weighted by Crippen LogP contribution is 2.39. The second-order valence-electron chi connectivity index (χ2n) is 6.43. The average Bonchev–Trinajstić information content (AvgIpc) is 3.11. The van der Waals surface area contributed by atoms with Gasteiger partial charge in [0.1, 0.15) is 5.82 Å². The number of nitrogens with one attached hydrogen (secondary N) is 2. The Balaban J connectivity index is 1.72. The summed E-state index contributed by atoms with van der Waals surface area (Å²) < 4.78 is 0. The van der Waals surface area contributed by atoms with Gasteiger partial charge in [-0.05, 0) is 37.5 Å². The van der Waals surface area contributed by atoms with Gasteiger partial charge >= 0.3 is 0 Å². The Morgan fingerprint density at radius 2 is 2.23 bits per heavy atom. The topological polar surface area (TPSA) is 61.0 Å². The van der Waals surface area contributed by atoms with Crippen molar-refractivity contribution in [2.75, 3.05) is 16.8 Å². The van der Waals surface area contributed by atoms with E-state index in [1.165, 1.54) is 16.8 Å². The van der Waals surface area contributed by atoms with Gasteiger partial charge in [-0.1, -0.05) is 12.1 Å². The number of hydrogen-bond donors (Lipinski definition) is 2. The summed E-state index contributed by atoms with van der Waals surface area (Å²) in [4.78, 5) is 14.4. The normalized spacial score (nSPS) is 20.0. The molecule has 2 aliphatic rings. The van der Waals surface area contributed by atoms with Crippen LogP contribution < -0.4 is 10.2 Å². The Kier molecular flexibility index (Phi) is 2.96. The first-order chi connectivity index (χ1) is 10.6. The molecular weight excluding hydrogens is 276 g/mol. The minimum Gasteiger partial charge on any atom is -0.369 e. The lowest BCUT2D eigenvalue weighted by Crippen LogP contribution is -2.28. The van der Waals surface area contributed by atoms with Crippen molar-refractivity contribution in [3.8, 4) is 0 Å². The smallest absolute Gasteiger partial charge is 0.226 e. The number of nitrogens with zero attached hydrogens (tertiary/aromatic N) is 2. The molecule has 1 atom stereocenters. The van der Waals surface area contributed by atoms with E-state index >= 15 is 0 Å². The molecule has 2 N–H and O–H groups in total. The zero-order chi connectivity index (χ0) is 15.3. The van der Waals surface area contributed by atoms with Gasteiger partial charge in [0.25, 0.3) is 0 Å². The van der Waals surface area contributed by atoms with Crippen molar-refractivity contribution >= 4 is 17.4 Å². The van der Waals surface area contributed by atoms with Crippen LogP contribution >= 0.6 is 0 Å². The van der Waals surface area contributed by atoms with Crippen molar-refractivity contribution in [3.05, 3.63) is 41.1 Å². The lowest BCUT2D eigenvalue weighted by atomic mass is 9.86. The third kappa shape index (κ3) is 2.00. The molecule has 1 aromatic carbocycles.